The number of carbonyl (C=O) groups excluding carboxylic acids is 2. The number of piperidine rings is 1. The molecule has 22 heavy (non-hydrogen) atoms. The van der Waals surface area contributed by atoms with Gasteiger partial charge in [-0.3, -0.25) is 14.7 Å². The van der Waals surface area contributed by atoms with Crippen molar-refractivity contribution in [1.29, 1.82) is 0 Å². The van der Waals surface area contributed by atoms with Gasteiger partial charge in [0, 0.05) is 11.4 Å². The third-order valence-electron chi connectivity index (χ3n) is 3.94. The van der Waals surface area contributed by atoms with E-state index in [2.05, 4.69) is 10.2 Å². The van der Waals surface area contributed by atoms with Crippen LogP contribution >= 0.6 is 11.3 Å². The van der Waals surface area contributed by atoms with Crippen molar-refractivity contribution in [2.24, 2.45) is 5.73 Å². The first-order chi connectivity index (χ1) is 10.6. The summed E-state index contributed by atoms with van der Waals surface area (Å²) >= 11 is 1.59. The summed E-state index contributed by atoms with van der Waals surface area (Å²) in [6, 6.07) is 5.53. The Bertz CT molecular complexity index is 665. The number of hydrogen-bond donors (Lipinski definition) is 2. The quantitative estimate of drug-likeness (QED) is 0.901. The Labute approximate surface area is 132 Å². The van der Waals surface area contributed by atoms with Crippen molar-refractivity contribution in [3.8, 4) is 0 Å². The maximum atomic E-state index is 12.6. The van der Waals surface area contributed by atoms with Gasteiger partial charge in [-0.2, -0.15) is 5.10 Å². The first-order valence-electron chi connectivity index (χ1n) is 7.32. The van der Waals surface area contributed by atoms with Gasteiger partial charge in [-0.1, -0.05) is 6.07 Å². The second-order valence-electron chi connectivity index (χ2n) is 5.43. The largest absolute Gasteiger partial charge is 0.364 e. The zero-order chi connectivity index (χ0) is 15.5. The maximum absolute atomic E-state index is 12.6. The van der Waals surface area contributed by atoms with Gasteiger partial charge in [0.25, 0.3) is 5.91 Å². The molecule has 0 bridgehead atoms. The minimum Gasteiger partial charge on any atom is -0.364 e. The average Bonchev–Trinajstić information content (AvgIpc) is 3.18. The maximum Gasteiger partial charge on any atom is 0.269 e. The second kappa shape index (κ2) is 6.31. The fourth-order valence-corrected chi connectivity index (χ4v) is 3.55. The van der Waals surface area contributed by atoms with Crippen LogP contribution in [0.4, 0.5) is 0 Å². The molecule has 0 spiro atoms. The highest BCUT2D eigenvalue weighted by Crippen LogP contribution is 2.30. The highest BCUT2D eigenvalue weighted by molar-refractivity contribution is 7.10. The fraction of sp³-hybridized carbons (Fsp3) is 0.400. The molecule has 2 aromatic heterocycles. The number of carbonyl (C=O) groups is 2. The molecule has 6 nitrogen and oxygen atoms in total. The van der Waals surface area contributed by atoms with Crippen molar-refractivity contribution in [3.63, 3.8) is 0 Å². The van der Waals surface area contributed by atoms with E-state index in [1.54, 1.807) is 17.4 Å². The van der Waals surface area contributed by atoms with Crippen molar-refractivity contribution in [2.75, 3.05) is 6.54 Å². The van der Waals surface area contributed by atoms with E-state index in [1.807, 2.05) is 22.4 Å². The van der Waals surface area contributed by atoms with E-state index in [4.69, 9.17) is 5.73 Å². The summed E-state index contributed by atoms with van der Waals surface area (Å²) in [5.41, 5.74) is 6.24. The summed E-state index contributed by atoms with van der Waals surface area (Å²) in [7, 11) is 0. The standard InChI is InChI=1S/C15H18N4O2S/c16-15(21)12-9-11(17-18-12)13-5-1-2-6-19(13)14(20)8-10-4-3-7-22-10/h3-4,7,9,13H,1-2,5-6,8H2,(H2,16,21)(H,17,18)/t13-/m1/s1. The summed E-state index contributed by atoms with van der Waals surface area (Å²) in [6.45, 7) is 0.736. The van der Waals surface area contributed by atoms with Crippen LogP contribution in [0.25, 0.3) is 0 Å². The number of aromatic amines is 1. The Kier molecular flexibility index (Phi) is 4.24. The number of rotatable bonds is 4. The lowest BCUT2D eigenvalue weighted by Crippen LogP contribution is -2.39. The molecule has 1 saturated heterocycles. The number of nitrogens with one attached hydrogen (secondary N) is 1. The molecule has 2 aromatic rings. The molecule has 0 unspecified atom stereocenters. The molecule has 1 aliphatic rings. The summed E-state index contributed by atoms with van der Waals surface area (Å²) in [5, 5.41) is 8.76. The molecule has 2 amide bonds. The van der Waals surface area contributed by atoms with Gasteiger partial charge in [-0.25, -0.2) is 0 Å². The molecule has 0 saturated carbocycles. The second-order valence-corrected chi connectivity index (χ2v) is 6.46. The predicted octanol–water partition coefficient (Wildman–Crippen LogP) is 1.87. The molecule has 1 atom stereocenters. The zero-order valence-electron chi connectivity index (χ0n) is 12.1. The van der Waals surface area contributed by atoms with E-state index in [9.17, 15) is 9.59 Å². The monoisotopic (exact) mass is 318 g/mol. The van der Waals surface area contributed by atoms with Gasteiger partial charge >= 0.3 is 0 Å². The average molecular weight is 318 g/mol. The number of H-pyrrole nitrogens is 1. The topological polar surface area (TPSA) is 92.1 Å². The molecule has 3 rings (SSSR count). The molecular formula is C15H18N4O2S. The lowest BCUT2D eigenvalue weighted by atomic mass is 9.98. The minimum absolute atomic E-state index is 0.0539. The first kappa shape index (κ1) is 14.8. The number of primary amides is 1. The molecule has 7 heteroatoms. The van der Waals surface area contributed by atoms with E-state index in [-0.39, 0.29) is 17.6 Å². The Balaban J connectivity index is 1.78. The van der Waals surface area contributed by atoms with Crippen molar-refractivity contribution in [1.82, 2.24) is 15.1 Å². The molecule has 0 radical (unpaired) electrons. The molecule has 1 aliphatic heterocycles. The van der Waals surface area contributed by atoms with Crippen LogP contribution in [0.5, 0.6) is 0 Å². The number of nitrogens with two attached hydrogens (primary N) is 1. The van der Waals surface area contributed by atoms with Crippen LogP contribution in [0, 0.1) is 0 Å². The molecule has 1 fully saturated rings. The van der Waals surface area contributed by atoms with Gasteiger partial charge in [0.2, 0.25) is 5.91 Å². The summed E-state index contributed by atoms with van der Waals surface area (Å²) < 4.78 is 0. The van der Waals surface area contributed by atoms with E-state index >= 15 is 0 Å². The number of nitrogens with zero attached hydrogens (tertiary/aromatic N) is 2. The third kappa shape index (κ3) is 3.04. The Morgan fingerprint density at radius 1 is 1.45 bits per heavy atom. The van der Waals surface area contributed by atoms with Crippen LogP contribution in [0.1, 0.15) is 46.4 Å². The summed E-state index contributed by atoms with van der Waals surface area (Å²) in [4.78, 5) is 26.7. The Hall–Kier alpha value is -2.15. The molecule has 116 valence electrons. The van der Waals surface area contributed by atoms with Crippen LogP contribution in [-0.4, -0.2) is 33.5 Å². The van der Waals surface area contributed by atoms with Gasteiger partial charge in [0.1, 0.15) is 5.69 Å². The fourth-order valence-electron chi connectivity index (χ4n) is 2.85. The number of thiophene rings is 1. The predicted molar refractivity (Wildman–Crippen MR) is 83.4 cm³/mol. The van der Waals surface area contributed by atoms with E-state index in [0.29, 0.717) is 6.42 Å². The van der Waals surface area contributed by atoms with Gasteiger partial charge < -0.3 is 10.6 Å². The van der Waals surface area contributed by atoms with Crippen LogP contribution in [-0.2, 0) is 11.2 Å². The smallest absolute Gasteiger partial charge is 0.269 e. The van der Waals surface area contributed by atoms with E-state index < -0.39 is 5.91 Å². The minimum atomic E-state index is -0.560. The van der Waals surface area contributed by atoms with Crippen molar-refractivity contribution >= 4 is 23.2 Å². The van der Waals surface area contributed by atoms with Crippen LogP contribution < -0.4 is 5.73 Å². The zero-order valence-corrected chi connectivity index (χ0v) is 12.9. The molecule has 0 aliphatic carbocycles. The molecule has 0 aromatic carbocycles. The molecule has 3 N–H and O–H groups in total. The van der Waals surface area contributed by atoms with Crippen LogP contribution in [0.3, 0.4) is 0 Å². The Morgan fingerprint density at radius 3 is 3.00 bits per heavy atom. The normalized spacial score (nSPS) is 18.4. The van der Waals surface area contributed by atoms with Gasteiger partial charge in [0.05, 0.1) is 18.2 Å². The number of likely N-dealkylation sites (tertiary alicyclic amines) is 1. The number of aromatic nitrogens is 2. The summed E-state index contributed by atoms with van der Waals surface area (Å²) in [6.07, 6.45) is 3.35. The number of amides is 2. The van der Waals surface area contributed by atoms with E-state index in [1.165, 1.54) is 0 Å². The summed E-state index contributed by atoms with van der Waals surface area (Å²) in [5.74, 6) is -0.447. The van der Waals surface area contributed by atoms with E-state index in [0.717, 1.165) is 36.4 Å². The van der Waals surface area contributed by atoms with Crippen molar-refractivity contribution in [3.05, 3.63) is 39.8 Å². The lowest BCUT2D eigenvalue weighted by molar-refractivity contribution is -0.134. The third-order valence-corrected chi connectivity index (χ3v) is 4.81. The van der Waals surface area contributed by atoms with Crippen LogP contribution in [0.15, 0.2) is 23.6 Å². The van der Waals surface area contributed by atoms with Crippen LogP contribution in [0.2, 0.25) is 0 Å². The highest BCUT2D eigenvalue weighted by atomic mass is 32.1. The lowest BCUT2D eigenvalue weighted by Gasteiger charge is -2.35. The van der Waals surface area contributed by atoms with Gasteiger partial charge in [-0.05, 0) is 36.8 Å². The molecular weight excluding hydrogens is 300 g/mol. The van der Waals surface area contributed by atoms with Crippen molar-refractivity contribution < 1.29 is 9.59 Å². The number of hydrogen-bond acceptors (Lipinski definition) is 4. The highest BCUT2D eigenvalue weighted by Gasteiger charge is 2.29. The Morgan fingerprint density at radius 2 is 2.32 bits per heavy atom. The van der Waals surface area contributed by atoms with Gasteiger partial charge in [-0.15, -0.1) is 11.3 Å². The van der Waals surface area contributed by atoms with Crippen molar-refractivity contribution in [2.45, 2.75) is 31.7 Å². The SMILES string of the molecule is NC(=O)c1cc([C@H]2CCCCN2C(=O)Cc2cccs2)[nH]n1. The molecule has 3 heterocycles. The first-order valence-corrected chi connectivity index (χ1v) is 8.20. The van der Waals surface area contributed by atoms with Gasteiger partial charge in [0.15, 0.2) is 0 Å².